The molecular formula is C17H16ClNO. The van der Waals surface area contributed by atoms with Gasteiger partial charge >= 0.3 is 0 Å². The average Bonchev–Trinajstić information content (AvgIpc) is 2.84. The van der Waals surface area contributed by atoms with Gasteiger partial charge in [0.1, 0.15) is 0 Å². The second-order valence-corrected chi connectivity index (χ2v) is 5.29. The minimum absolute atomic E-state index is 0.208. The molecule has 0 saturated heterocycles. The summed E-state index contributed by atoms with van der Waals surface area (Å²) < 4.78 is 0. The Kier molecular flexibility index (Phi) is 3.77. The van der Waals surface area contributed by atoms with Crippen LogP contribution in [0.15, 0.2) is 48.5 Å². The van der Waals surface area contributed by atoms with Crippen LogP contribution in [0, 0.1) is 0 Å². The molecule has 0 radical (unpaired) electrons. The quantitative estimate of drug-likeness (QED) is 0.732. The van der Waals surface area contributed by atoms with E-state index in [1.54, 1.807) is 0 Å². The Morgan fingerprint density at radius 3 is 2.50 bits per heavy atom. The zero-order valence-electron chi connectivity index (χ0n) is 11.1. The summed E-state index contributed by atoms with van der Waals surface area (Å²) in [6, 6.07) is 16.1. The number of aromatic nitrogens is 1. The van der Waals surface area contributed by atoms with Crippen molar-refractivity contribution in [3.8, 4) is 11.3 Å². The van der Waals surface area contributed by atoms with Crippen molar-refractivity contribution >= 4 is 22.5 Å². The van der Waals surface area contributed by atoms with Crippen LogP contribution in [-0.2, 0) is 6.42 Å². The molecule has 0 spiro atoms. The number of halogens is 1. The molecule has 0 aliphatic carbocycles. The number of hydrogen-bond acceptors (Lipinski definition) is 1. The first-order valence-electron chi connectivity index (χ1n) is 6.76. The molecule has 0 amide bonds. The fraction of sp³-hybridized carbons (Fsp3) is 0.176. The summed E-state index contributed by atoms with van der Waals surface area (Å²) >= 11 is 5.96. The highest BCUT2D eigenvalue weighted by molar-refractivity contribution is 6.30. The highest BCUT2D eigenvalue weighted by Gasteiger charge is 2.12. The monoisotopic (exact) mass is 285 g/mol. The average molecular weight is 286 g/mol. The van der Waals surface area contributed by atoms with Crippen molar-refractivity contribution in [1.82, 2.24) is 4.98 Å². The molecular weight excluding hydrogens is 270 g/mol. The fourth-order valence-corrected chi connectivity index (χ4v) is 2.70. The smallest absolute Gasteiger partial charge is 0.0497 e. The second kappa shape index (κ2) is 5.70. The lowest BCUT2D eigenvalue weighted by atomic mass is 10.0. The van der Waals surface area contributed by atoms with E-state index in [4.69, 9.17) is 16.7 Å². The molecule has 0 fully saturated rings. The van der Waals surface area contributed by atoms with E-state index in [2.05, 4.69) is 17.1 Å². The van der Waals surface area contributed by atoms with Crippen LogP contribution in [0.4, 0.5) is 0 Å². The molecule has 0 bridgehead atoms. The number of aliphatic hydroxyl groups is 1. The first-order chi connectivity index (χ1) is 9.79. The Bertz CT molecular complexity index is 715. The van der Waals surface area contributed by atoms with Crippen LogP contribution < -0.4 is 0 Å². The fourth-order valence-electron chi connectivity index (χ4n) is 2.58. The molecule has 1 heterocycles. The molecule has 0 saturated carbocycles. The van der Waals surface area contributed by atoms with E-state index in [0.717, 1.165) is 34.6 Å². The number of benzene rings is 2. The number of aliphatic hydroxyl groups excluding tert-OH is 1. The maximum absolute atomic E-state index is 9.11. The number of aromatic amines is 1. The Morgan fingerprint density at radius 1 is 1.00 bits per heavy atom. The van der Waals surface area contributed by atoms with Gasteiger partial charge in [-0.2, -0.15) is 0 Å². The number of nitrogens with one attached hydrogen (secondary N) is 1. The molecule has 2 aromatic carbocycles. The Morgan fingerprint density at radius 2 is 1.75 bits per heavy atom. The third kappa shape index (κ3) is 2.45. The number of para-hydroxylation sites is 1. The van der Waals surface area contributed by atoms with Crippen molar-refractivity contribution in [3.63, 3.8) is 0 Å². The largest absolute Gasteiger partial charge is 0.396 e. The summed E-state index contributed by atoms with van der Waals surface area (Å²) in [7, 11) is 0. The number of fused-ring (bicyclic) bond motifs is 1. The van der Waals surface area contributed by atoms with Crippen LogP contribution in [-0.4, -0.2) is 16.7 Å². The van der Waals surface area contributed by atoms with E-state index in [0.29, 0.717) is 0 Å². The summed E-state index contributed by atoms with van der Waals surface area (Å²) in [6.45, 7) is 0.208. The third-order valence-electron chi connectivity index (χ3n) is 3.53. The topological polar surface area (TPSA) is 36.0 Å². The number of hydrogen-bond donors (Lipinski definition) is 2. The molecule has 0 aliphatic rings. The van der Waals surface area contributed by atoms with Crippen LogP contribution in [0.5, 0.6) is 0 Å². The molecule has 102 valence electrons. The maximum atomic E-state index is 9.11. The van der Waals surface area contributed by atoms with Crippen molar-refractivity contribution in [2.75, 3.05) is 6.61 Å². The standard InChI is InChI=1S/C17H16ClNO/c18-13-9-7-12(8-10-13)17-15(5-3-11-20)14-4-1-2-6-16(14)19-17/h1-2,4,6-10,19-20H,3,5,11H2. The van der Waals surface area contributed by atoms with Gasteiger partial charge in [-0.05, 0) is 42.2 Å². The van der Waals surface area contributed by atoms with Gasteiger partial charge in [0.2, 0.25) is 0 Å². The zero-order valence-corrected chi connectivity index (χ0v) is 11.8. The van der Waals surface area contributed by atoms with Crippen LogP contribution in [0.2, 0.25) is 5.02 Å². The molecule has 0 atom stereocenters. The predicted molar refractivity (Wildman–Crippen MR) is 84.2 cm³/mol. The Balaban J connectivity index is 2.15. The molecule has 1 aromatic heterocycles. The van der Waals surface area contributed by atoms with Crippen LogP contribution in [0.25, 0.3) is 22.2 Å². The van der Waals surface area contributed by atoms with Crippen LogP contribution in [0.1, 0.15) is 12.0 Å². The molecule has 20 heavy (non-hydrogen) atoms. The summed E-state index contributed by atoms with van der Waals surface area (Å²) in [5.41, 5.74) is 4.64. The van der Waals surface area contributed by atoms with Gasteiger partial charge in [0.05, 0.1) is 0 Å². The second-order valence-electron chi connectivity index (χ2n) is 4.86. The molecule has 3 aromatic rings. The first kappa shape index (κ1) is 13.2. The lowest BCUT2D eigenvalue weighted by molar-refractivity contribution is 0.289. The molecule has 0 aliphatic heterocycles. The number of aryl methyl sites for hydroxylation is 1. The minimum atomic E-state index is 0.208. The Hall–Kier alpha value is -1.77. The maximum Gasteiger partial charge on any atom is 0.0497 e. The van der Waals surface area contributed by atoms with Gasteiger partial charge in [0, 0.05) is 28.2 Å². The van der Waals surface area contributed by atoms with Gasteiger partial charge < -0.3 is 10.1 Å². The lowest BCUT2D eigenvalue weighted by Gasteiger charge is -2.04. The molecule has 2 nitrogen and oxygen atoms in total. The van der Waals surface area contributed by atoms with Crippen molar-refractivity contribution in [2.45, 2.75) is 12.8 Å². The van der Waals surface area contributed by atoms with Gasteiger partial charge in [-0.1, -0.05) is 41.9 Å². The van der Waals surface area contributed by atoms with Crippen LogP contribution in [0.3, 0.4) is 0 Å². The highest BCUT2D eigenvalue weighted by Crippen LogP contribution is 2.31. The summed E-state index contributed by atoms with van der Waals surface area (Å²) in [5, 5.41) is 11.1. The van der Waals surface area contributed by atoms with Crippen molar-refractivity contribution < 1.29 is 5.11 Å². The van der Waals surface area contributed by atoms with Crippen molar-refractivity contribution in [2.24, 2.45) is 0 Å². The third-order valence-corrected chi connectivity index (χ3v) is 3.78. The van der Waals surface area contributed by atoms with E-state index in [1.165, 1.54) is 10.9 Å². The minimum Gasteiger partial charge on any atom is -0.396 e. The Labute approximate surface area is 123 Å². The van der Waals surface area contributed by atoms with Gasteiger partial charge in [0.25, 0.3) is 0 Å². The molecule has 2 N–H and O–H groups in total. The molecule has 0 unspecified atom stereocenters. The van der Waals surface area contributed by atoms with E-state index >= 15 is 0 Å². The number of H-pyrrole nitrogens is 1. The van der Waals surface area contributed by atoms with Gasteiger partial charge in [-0.15, -0.1) is 0 Å². The van der Waals surface area contributed by atoms with Gasteiger partial charge in [-0.3, -0.25) is 0 Å². The van der Waals surface area contributed by atoms with Crippen molar-refractivity contribution in [1.29, 1.82) is 0 Å². The van der Waals surface area contributed by atoms with Gasteiger partial charge in [-0.25, -0.2) is 0 Å². The summed E-state index contributed by atoms with van der Waals surface area (Å²) in [6.07, 6.45) is 1.63. The first-order valence-corrected chi connectivity index (χ1v) is 7.14. The SMILES string of the molecule is OCCCc1c(-c2ccc(Cl)cc2)[nH]c2ccccc12. The normalized spacial score (nSPS) is 11.1. The summed E-state index contributed by atoms with van der Waals surface area (Å²) in [4.78, 5) is 3.48. The van der Waals surface area contributed by atoms with E-state index in [-0.39, 0.29) is 6.61 Å². The van der Waals surface area contributed by atoms with E-state index < -0.39 is 0 Å². The highest BCUT2D eigenvalue weighted by atomic mass is 35.5. The molecule has 3 heteroatoms. The van der Waals surface area contributed by atoms with Crippen molar-refractivity contribution in [3.05, 3.63) is 59.1 Å². The van der Waals surface area contributed by atoms with E-state index in [9.17, 15) is 0 Å². The zero-order chi connectivity index (χ0) is 13.9. The summed E-state index contributed by atoms with van der Waals surface area (Å²) in [5.74, 6) is 0. The van der Waals surface area contributed by atoms with E-state index in [1.807, 2.05) is 36.4 Å². The predicted octanol–water partition coefficient (Wildman–Crippen LogP) is 4.41. The van der Waals surface area contributed by atoms with Crippen LogP contribution >= 0.6 is 11.6 Å². The molecule has 3 rings (SSSR count). The van der Waals surface area contributed by atoms with Gasteiger partial charge in [0.15, 0.2) is 0 Å². The number of rotatable bonds is 4. The lowest BCUT2D eigenvalue weighted by Crippen LogP contribution is -1.91.